The molecule has 0 aliphatic carbocycles. The molecule has 0 aliphatic heterocycles. The molecule has 2 aromatic carbocycles. The predicted octanol–water partition coefficient (Wildman–Crippen LogP) is 3.93. The number of hydrogen-bond acceptors (Lipinski definition) is 2. The van der Waals surface area contributed by atoms with E-state index in [1.807, 2.05) is 25.1 Å². The third-order valence-corrected chi connectivity index (χ3v) is 2.84. The van der Waals surface area contributed by atoms with Gasteiger partial charge in [0.1, 0.15) is 18.2 Å². The summed E-state index contributed by atoms with van der Waals surface area (Å²) in [5.41, 5.74) is 3.12. The smallest absolute Gasteiger partial charge is 0.125 e. The minimum Gasteiger partial charge on any atom is -0.491 e. The average Bonchev–Trinajstić information content (AvgIpc) is 2.37. The summed E-state index contributed by atoms with van der Waals surface area (Å²) in [6.45, 7) is 5.27. The van der Waals surface area contributed by atoms with E-state index in [0.717, 1.165) is 17.0 Å². The van der Waals surface area contributed by atoms with Crippen LogP contribution in [0, 0.1) is 19.7 Å². The van der Waals surface area contributed by atoms with Crippen molar-refractivity contribution in [1.82, 2.24) is 0 Å². The molecule has 3 heteroatoms. The number of halogens is 1. The van der Waals surface area contributed by atoms with Crippen molar-refractivity contribution in [1.29, 1.82) is 0 Å². The highest BCUT2D eigenvalue weighted by Crippen LogP contribution is 2.18. The molecule has 0 aliphatic rings. The summed E-state index contributed by atoms with van der Waals surface area (Å²) in [5.74, 6) is 0.659. The second kappa shape index (κ2) is 6.23. The van der Waals surface area contributed by atoms with Crippen molar-refractivity contribution in [3.8, 4) is 5.75 Å². The molecule has 2 nitrogen and oxygen atoms in total. The zero-order chi connectivity index (χ0) is 13.7. The normalized spacial score (nSPS) is 10.3. The van der Waals surface area contributed by atoms with Crippen LogP contribution >= 0.6 is 0 Å². The number of hydrogen-bond donors (Lipinski definition) is 1. The van der Waals surface area contributed by atoms with E-state index >= 15 is 0 Å². The number of ether oxygens (including phenoxy) is 1. The van der Waals surface area contributed by atoms with Crippen molar-refractivity contribution >= 4 is 5.69 Å². The van der Waals surface area contributed by atoms with Crippen LogP contribution in [0.2, 0.25) is 0 Å². The highest BCUT2D eigenvalue weighted by atomic mass is 19.1. The second-order valence-corrected chi connectivity index (χ2v) is 4.55. The summed E-state index contributed by atoms with van der Waals surface area (Å²) in [5, 5.41) is 3.12. The zero-order valence-electron chi connectivity index (χ0n) is 11.2. The quantitative estimate of drug-likeness (QED) is 0.821. The van der Waals surface area contributed by atoms with Gasteiger partial charge in [-0.3, -0.25) is 0 Å². The highest BCUT2D eigenvalue weighted by molar-refractivity contribution is 5.43. The topological polar surface area (TPSA) is 21.3 Å². The van der Waals surface area contributed by atoms with Crippen LogP contribution in [0.5, 0.6) is 5.75 Å². The fourth-order valence-electron chi connectivity index (χ4n) is 1.92. The Balaban J connectivity index is 1.81. The fourth-order valence-corrected chi connectivity index (χ4v) is 1.92. The lowest BCUT2D eigenvalue weighted by Gasteiger charge is -2.11. The molecular formula is C16H18FNO. The molecule has 0 fully saturated rings. The third kappa shape index (κ3) is 3.98. The fraction of sp³-hybridized carbons (Fsp3) is 0.250. The van der Waals surface area contributed by atoms with E-state index in [2.05, 4.69) is 18.3 Å². The van der Waals surface area contributed by atoms with Crippen molar-refractivity contribution in [3.05, 3.63) is 59.4 Å². The number of aryl methyl sites for hydroxylation is 2. The van der Waals surface area contributed by atoms with Crippen LogP contribution in [0.4, 0.5) is 10.1 Å². The van der Waals surface area contributed by atoms with Crippen molar-refractivity contribution < 1.29 is 9.13 Å². The van der Waals surface area contributed by atoms with Crippen LogP contribution < -0.4 is 10.1 Å². The lowest BCUT2D eigenvalue weighted by molar-refractivity contribution is 0.330. The van der Waals surface area contributed by atoms with E-state index < -0.39 is 0 Å². The SMILES string of the molecule is Cc1ccc(OCCNc2cccc(F)c2)c(C)c1. The van der Waals surface area contributed by atoms with E-state index in [0.29, 0.717) is 13.2 Å². The van der Waals surface area contributed by atoms with Crippen molar-refractivity contribution in [2.24, 2.45) is 0 Å². The molecule has 0 unspecified atom stereocenters. The monoisotopic (exact) mass is 259 g/mol. The van der Waals surface area contributed by atoms with Gasteiger partial charge in [0.2, 0.25) is 0 Å². The molecule has 100 valence electrons. The van der Waals surface area contributed by atoms with Gasteiger partial charge in [0.25, 0.3) is 0 Å². The van der Waals surface area contributed by atoms with E-state index in [4.69, 9.17) is 4.74 Å². The summed E-state index contributed by atoms with van der Waals surface area (Å²) in [4.78, 5) is 0. The largest absolute Gasteiger partial charge is 0.491 e. The first-order valence-electron chi connectivity index (χ1n) is 6.34. The minimum absolute atomic E-state index is 0.236. The van der Waals surface area contributed by atoms with Crippen LogP contribution in [0.15, 0.2) is 42.5 Å². The highest BCUT2D eigenvalue weighted by Gasteiger charge is 1.99. The molecule has 19 heavy (non-hydrogen) atoms. The molecule has 0 radical (unpaired) electrons. The van der Waals surface area contributed by atoms with Crippen LogP contribution in [0.1, 0.15) is 11.1 Å². The Kier molecular flexibility index (Phi) is 4.39. The van der Waals surface area contributed by atoms with Crippen molar-refractivity contribution in [2.75, 3.05) is 18.5 Å². The standard InChI is InChI=1S/C16H18FNO/c1-12-6-7-16(13(2)10-12)19-9-8-18-15-5-3-4-14(17)11-15/h3-7,10-11,18H,8-9H2,1-2H3. The third-order valence-electron chi connectivity index (χ3n) is 2.84. The average molecular weight is 259 g/mol. The first-order valence-corrected chi connectivity index (χ1v) is 6.34. The summed E-state index contributed by atoms with van der Waals surface area (Å²) >= 11 is 0. The van der Waals surface area contributed by atoms with E-state index in [1.165, 1.54) is 17.7 Å². The molecule has 1 N–H and O–H groups in total. The van der Waals surface area contributed by atoms with Gasteiger partial charge in [-0.25, -0.2) is 4.39 Å². The summed E-state index contributed by atoms with van der Waals surface area (Å²) in [6.07, 6.45) is 0. The molecular weight excluding hydrogens is 241 g/mol. The number of anilines is 1. The van der Waals surface area contributed by atoms with Gasteiger partial charge in [-0.1, -0.05) is 23.8 Å². The molecule has 0 saturated carbocycles. The van der Waals surface area contributed by atoms with Gasteiger partial charge >= 0.3 is 0 Å². The van der Waals surface area contributed by atoms with E-state index in [9.17, 15) is 4.39 Å². The molecule has 2 aromatic rings. The number of rotatable bonds is 5. The minimum atomic E-state index is -0.236. The van der Waals surface area contributed by atoms with Crippen LogP contribution in [-0.4, -0.2) is 13.2 Å². The predicted molar refractivity (Wildman–Crippen MR) is 76.3 cm³/mol. The molecule has 0 aromatic heterocycles. The molecule has 0 amide bonds. The van der Waals surface area contributed by atoms with Crippen LogP contribution in [0.3, 0.4) is 0 Å². The number of benzene rings is 2. The maximum absolute atomic E-state index is 13.0. The maximum atomic E-state index is 13.0. The Bertz CT molecular complexity index is 554. The molecule has 2 rings (SSSR count). The van der Waals surface area contributed by atoms with Gasteiger partial charge in [-0.2, -0.15) is 0 Å². The Hall–Kier alpha value is -2.03. The summed E-state index contributed by atoms with van der Waals surface area (Å²) in [6, 6.07) is 12.5. The first-order chi connectivity index (χ1) is 9.15. The van der Waals surface area contributed by atoms with Crippen LogP contribution in [0.25, 0.3) is 0 Å². The van der Waals surface area contributed by atoms with Gasteiger partial charge in [0, 0.05) is 12.2 Å². The van der Waals surface area contributed by atoms with E-state index in [-0.39, 0.29) is 5.82 Å². The molecule has 0 bridgehead atoms. The second-order valence-electron chi connectivity index (χ2n) is 4.55. The Morgan fingerprint density at radius 1 is 1.11 bits per heavy atom. The lowest BCUT2D eigenvalue weighted by Crippen LogP contribution is -2.12. The van der Waals surface area contributed by atoms with Crippen LogP contribution in [-0.2, 0) is 0 Å². The van der Waals surface area contributed by atoms with Gasteiger partial charge in [0.05, 0.1) is 0 Å². The molecule has 0 spiro atoms. The summed E-state index contributed by atoms with van der Waals surface area (Å²) in [7, 11) is 0. The lowest BCUT2D eigenvalue weighted by atomic mass is 10.1. The van der Waals surface area contributed by atoms with Crippen molar-refractivity contribution in [2.45, 2.75) is 13.8 Å². The Labute approximate surface area is 113 Å². The van der Waals surface area contributed by atoms with Gasteiger partial charge in [-0.15, -0.1) is 0 Å². The molecule has 0 saturated heterocycles. The summed E-state index contributed by atoms with van der Waals surface area (Å²) < 4.78 is 18.6. The van der Waals surface area contributed by atoms with Gasteiger partial charge in [-0.05, 0) is 43.7 Å². The van der Waals surface area contributed by atoms with Crippen molar-refractivity contribution in [3.63, 3.8) is 0 Å². The Morgan fingerprint density at radius 2 is 1.95 bits per heavy atom. The Morgan fingerprint density at radius 3 is 2.68 bits per heavy atom. The number of nitrogens with one attached hydrogen (secondary N) is 1. The zero-order valence-corrected chi connectivity index (χ0v) is 11.2. The maximum Gasteiger partial charge on any atom is 0.125 e. The molecule has 0 heterocycles. The van der Waals surface area contributed by atoms with E-state index in [1.54, 1.807) is 6.07 Å². The van der Waals surface area contributed by atoms with Gasteiger partial charge < -0.3 is 10.1 Å². The first kappa shape index (κ1) is 13.4. The molecule has 0 atom stereocenters. The van der Waals surface area contributed by atoms with Gasteiger partial charge in [0.15, 0.2) is 0 Å².